The second-order valence-electron chi connectivity index (χ2n) is 13.1. The van der Waals surface area contributed by atoms with Crippen LogP contribution in [0.4, 0.5) is 0 Å². The fourth-order valence-electron chi connectivity index (χ4n) is 7.99. The first-order valence-corrected chi connectivity index (χ1v) is 16.3. The molecular weight excluding hydrogens is 587 g/mol. The van der Waals surface area contributed by atoms with Crippen LogP contribution in [0.2, 0.25) is 0 Å². The Kier molecular flexibility index (Phi) is 5.56. The van der Waals surface area contributed by atoms with E-state index in [-0.39, 0.29) is 5.41 Å². The van der Waals surface area contributed by atoms with Gasteiger partial charge in [0.15, 0.2) is 5.82 Å². The molecule has 0 atom stereocenters. The van der Waals surface area contributed by atoms with Gasteiger partial charge in [0, 0.05) is 34.1 Å². The van der Waals surface area contributed by atoms with Gasteiger partial charge in [-0.25, -0.2) is 4.98 Å². The molecule has 9 aromatic rings. The van der Waals surface area contributed by atoms with Crippen LogP contribution in [0.3, 0.4) is 0 Å². The summed E-state index contributed by atoms with van der Waals surface area (Å²) in [5.41, 5.74) is 12.6. The van der Waals surface area contributed by atoms with E-state index in [1.165, 1.54) is 44.2 Å². The molecule has 0 aliphatic heterocycles. The lowest BCUT2D eigenvalue weighted by Gasteiger charge is -2.21. The molecule has 0 spiro atoms. The summed E-state index contributed by atoms with van der Waals surface area (Å²) in [7, 11) is 0. The second-order valence-corrected chi connectivity index (χ2v) is 13.1. The van der Waals surface area contributed by atoms with Crippen LogP contribution < -0.4 is 0 Å². The summed E-state index contributed by atoms with van der Waals surface area (Å²) in [6, 6.07) is 45.4. The fraction of sp³-hybridized carbons (Fsp3) is 0.0698. The number of fused-ring (bicyclic) bond motifs is 8. The quantitative estimate of drug-likeness (QED) is 0.198. The maximum atomic E-state index is 5.04. The van der Waals surface area contributed by atoms with Crippen LogP contribution in [0.15, 0.2) is 140 Å². The van der Waals surface area contributed by atoms with Gasteiger partial charge in [-0.05, 0) is 62.4 Å². The fourth-order valence-corrected chi connectivity index (χ4v) is 7.99. The molecule has 0 bridgehead atoms. The number of hydrogen-bond acceptors (Lipinski definition) is 4. The predicted octanol–water partition coefficient (Wildman–Crippen LogP) is 10.3. The zero-order chi connectivity index (χ0) is 32.0. The van der Waals surface area contributed by atoms with Crippen LogP contribution in [0.5, 0.6) is 0 Å². The summed E-state index contributed by atoms with van der Waals surface area (Å²) in [6.45, 7) is 4.59. The average Bonchev–Trinajstić information content (AvgIpc) is 3.58. The van der Waals surface area contributed by atoms with Crippen molar-refractivity contribution in [1.82, 2.24) is 24.7 Å². The van der Waals surface area contributed by atoms with Gasteiger partial charge in [-0.2, -0.15) is 0 Å². The molecule has 0 unspecified atom stereocenters. The molecule has 5 heteroatoms. The molecule has 0 amide bonds. The van der Waals surface area contributed by atoms with Gasteiger partial charge < -0.3 is 0 Å². The SMILES string of the molecule is CC1(C)c2ccccc2-c2c(-c3nnc(-n4c5cc6ccccc6cc5c5c(-c6ccccc6)cccc54)c4nccnc34)cccc21. The van der Waals surface area contributed by atoms with E-state index in [0.717, 1.165) is 38.6 Å². The third-order valence-corrected chi connectivity index (χ3v) is 10.2. The Morgan fingerprint density at radius 1 is 0.542 bits per heavy atom. The summed E-state index contributed by atoms with van der Waals surface area (Å²) in [4.78, 5) is 9.90. The highest BCUT2D eigenvalue weighted by molar-refractivity contribution is 6.19. The molecule has 5 nitrogen and oxygen atoms in total. The standard InChI is InChI=1S/C43H29N5/c1-43(2)33-19-9-8-16-30(33)37-31(18-10-20-34(37)43)39-40-41(45-23-22-44-40)42(47-46-39)48-35-21-11-17-29(26-12-4-3-5-13-26)38(35)32-24-27-14-6-7-15-28(27)25-36(32)48/h3-25H,1-2H3. The van der Waals surface area contributed by atoms with Gasteiger partial charge in [0.05, 0.1) is 11.0 Å². The van der Waals surface area contributed by atoms with E-state index < -0.39 is 0 Å². The Morgan fingerprint density at radius 2 is 1.21 bits per heavy atom. The molecule has 1 aliphatic rings. The van der Waals surface area contributed by atoms with Gasteiger partial charge in [-0.15, -0.1) is 10.2 Å². The maximum absolute atomic E-state index is 5.04. The van der Waals surface area contributed by atoms with E-state index in [1.54, 1.807) is 12.4 Å². The number of aromatic nitrogens is 5. The van der Waals surface area contributed by atoms with Crippen molar-refractivity contribution in [3.63, 3.8) is 0 Å². The topological polar surface area (TPSA) is 56.5 Å². The largest absolute Gasteiger partial charge is 0.290 e. The highest BCUT2D eigenvalue weighted by atomic mass is 15.2. The Balaban J connectivity index is 1.29. The van der Waals surface area contributed by atoms with Gasteiger partial charge in [0.25, 0.3) is 0 Å². The predicted molar refractivity (Wildman–Crippen MR) is 195 cm³/mol. The zero-order valence-corrected chi connectivity index (χ0v) is 26.5. The van der Waals surface area contributed by atoms with Crippen molar-refractivity contribution in [3.05, 3.63) is 151 Å². The van der Waals surface area contributed by atoms with E-state index in [2.05, 4.69) is 146 Å². The van der Waals surface area contributed by atoms with Gasteiger partial charge in [-0.1, -0.05) is 123 Å². The van der Waals surface area contributed by atoms with Crippen LogP contribution in [0.1, 0.15) is 25.0 Å². The van der Waals surface area contributed by atoms with Crippen LogP contribution >= 0.6 is 0 Å². The van der Waals surface area contributed by atoms with Gasteiger partial charge in [0.2, 0.25) is 0 Å². The highest BCUT2D eigenvalue weighted by Gasteiger charge is 2.37. The number of benzene rings is 6. The van der Waals surface area contributed by atoms with Crippen LogP contribution in [-0.4, -0.2) is 24.7 Å². The highest BCUT2D eigenvalue weighted by Crippen LogP contribution is 2.52. The minimum absolute atomic E-state index is 0.126. The summed E-state index contributed by atoms with van der Waals surface area (Å²) in [5.74, 6) is 0.663. The van der Waals surface area contributed by atoms with Crippen molar-refractivity contribution in [2.24, 2.45) is 0 Å². The summed E-state index contributed by atoms with van der Waals surface area (Å²) in [5, 5.41) is 14.7. The lowest BCUT2D eigenvalue weighted by atomic mass is 9.82. The number of rotatable bonds is 3. The summed E-state index contributed by atoms with van der Waals surface area (Å²) >= 11 is 0. The Hall–Kier alpha value is -6.20. The van der Waals surface area contributed by atoms with Gasteiger partial charge in [-0.3, -0.25) is 9.55 Å². The lowest BCUT2D eigenvalue weighted by molar-refractivity contribution is 0.660. The first-order valence-electron chi connectivity index (χ1n) is 16.3. The smallest absolute Gasteiger partial charge is 0.188 e. The molecule has 6 aromatic carbocycles. The molecule has 0 N–H and O–H groups in total. The molecule has 10 rings (SSSR count). The van der Waals surface area contributed by atoms with E-state index in [0.29, 0.717) is 11.3 Å². The normalized spacial score (nSPS) is 13.4. The zero-order valence-electron chi connectivity index (χ0n) is 26.5. The number of nitrogens with zero attached hydrogens (tertiary/aromatic N) is 5. The average molecular weight is 616 g/mol. The minimum atomic E-state index is -0.126. The molecule has 3 aromatic heterocycles. The lowest BCUT2D eigenvalue weighted by Crippen LogP contribution is -2.14. The molecule has 3 heterocycles. The molecule has 0 saturated heterocycles. The second kappa shape index (κ2) is 9.90. The summed E-state index contributed by atoms with van der Waals surface area (Å²) in [6.07, 6.45) is 3.51. The Bertz CT molecular complexity index is 2760. The minimum Gasteiger partial charge on any atom is -0.290 e. The van der Waals surface area contributed by atoms with Crippen LogP contribution in [-0.2, 0) is 5.41 Å². The molecule has 0 radical (unpaired) electrons. The van der Waals surface area contributed by atoms with Gasteiger partial charge >= 0.3 is 0 Å². The Labute approximate surface area is 277 Å². The van der Waals surface area contributed by atoms with Crippen molar-refractivity contribution in [1.29, 1.82) is 0 Å². The van der Waals surface area contributed by atoms with Gasteiger partial charge in [0.1, 0.15) is 16.7 Å². The van der Waals surface area contributed by atoms with E-state index >= 15 is 0 Å². The first-order chi connectivity index (χ1) is 23.6. The van der Waals surface area contributed by atoms with Crippen molar-refractivity contribution in [2.75, 3.05) is 0 Å². The van der Waals surface area contributed by atoms with Crippen molar-refractivity contribution in [3.8, 4) is 39.3 Å². The molecule has 1 aliphatic carbocycles. The maximum Gasteiger partial charge on any atom is 0.188 e. The molecule has 0 fully saturated rings. The number of hydrogen-bond donors (Lipinski definition) is 0. The van der Waals surface area contributed by atoms with Crippen LogP contribution in [0.25, 0.3) is 82.9 Å². The Morgan fingerprint density at radius 3 is 2.06 bits per heavy atom. The van der Waals surface area contributed by atoms with Crippen LogP contribution in [0, 0.1) is 0 Å². The van der Waals surface area contributed by atoms with Crippen molar-refractivity contribution < 1.29 is 0 Å². The van der Waals surface area contributed by atoms with Crippen molar-refractivity contribution >= 4 is 43.6 Å². The van der Waals surface area contributed by atoms with E-state index in [1.807, 2.05) is 0 Å². The monoisotopic (exact) mass is 615 g/mol. The third kappa shape index (κ3) is 3.67. The van der Waals surface area contributed by atoms with E-state index in [4.69, 9.17) is 20.2 Å². The first kappa shape index (κ1) is 27.0. The van der Waals surface area contributed by atoms with Crippen molar-refractivity contribution in [2.45, 2.75) is 19.3 Å². The molecule has 226 valence electrons. The van der Waals surface area contributed by atoms with E-state index in [9.17, 15) is 0 Å². The molecule has 0 saturated carbocycles. The molecule has 48 heavy (non-hydrogen) atoms. The summed E-state index contributed by atoms with van der Waals surface area (Å²) < 4.78 is 2.23. The third-order valence-electron chi connectivity index (χ3n) is 10.2. The molecular formula is C43H29N5.